The van der Waals surface area contributed by atoms with Gasteiger partial charge in [-0.3, -0.25) is 0 Å². The molecule has 0 amide bonds. The molecule has 1 aromatic heterocycles. The first-order valence-corrected chi connectivity index (χ1v) is 6.20. The molecule has 1 aliphatic rings. The second-order valence-electron chi connectivity index (χ2n) is 4.65. The predicted octanol–water partition coefficient (Wildman–Crippen LogP) is 1.07. The largest absolute Gasteiger partial charge is 0.478 e. The van der Waals surface area contributed by atoms with E-state index in [1.165, 1.54) is 25.1 Å². The smallest absolute Gasteiger partial charge is 0.339 e. The summed E-state index contributed by atoms with van der Waals surface area (Å²) in [6.07, 6.45) is 3.89. The highest BCUT2D eigenvalue weighted by Crippen LogP contribution is 2.13. The third kappa shape index (κ3) is 3.16. The number of hydrogen-bond acceptors (Lipinski definition) is 5. The Morgan fingerprint density at radius 1 is 1.56 bits per heavy atom. The van der Waals surface area contributed by atoms with E-state index in [0.717, 1.165) is 19.6 Å². The lowest BCUT2D eigenvalue weighted by atomic mass is 10.2. The number of carboxylic acid groups (broad SMARTS) is 1. The van der Waals surface area contributed by atoms with Crippen LogP contribution in [0.5, 0.6) is 0 Å². The summed E-state index contributed by atoms with van der Waals surface area (Å²) in [7, 11) is 0. The molecule has 2 heterocycles. The van der Waals surface area contributed by atoms with Gasteiger partial charge in [0, 0.05) is 12.6 Å². The monoisotopic (exact) mass is 250 g/mol. The van der Waals surface area contributed by atoms with Crippen molar-refractivity contribution >= 4 is 11.8 Å². The van der Waals surface area contributed by atoms with Crippen LogP contribution in [0.2, 0.25) is 0 Å². The lowest BCUT2D eigenvalue weighted by molar-refractivity contribution is 0.0697. The molecule has 2 rings (SSSR count). The predicted molar refractivity (Wildman–Crippen MR) is 67.8 cm³/mol. The second-order valence-corrected chi connectivity index (χ2v) is 4.65. The van der Waals surface area contributed by atoms with Crippen molar-refractivity contribution in [3.05, 3.63) is 17.8 Å². The molecule has 18 heavy (non-hydrogen) atoms. The highest BCUT2D eigenvalue weighted by Gasteiger charge is 2.17. The maximum absolute atomic E-state index is 11.0. The summed E-state index contributed by atoms with van der Waals surface area (Å²) in [5, 5.41) is 19.7. The minimum atomic E-state index is -0.985. The van der Waals surface area contributed by atoms with Gasteiger partial charge >= 0.3 is 5.97 Å². The van der Waals surface area contributed by atoms with Gasteiger partial charge in [0.1, 0.15) is 5.56 Å². The van der Waals surface area contributed by atoms with Crippen LogP contribution >= 0.6 is 0 Å². The lowest BCUT2D eigenvalue weighted by Gasteiger charge is -2.21. The summed E-state index contributed by atoms with van der Waals surface area (Å²) >= 11 is 0. The molecule has 0 radical (unpaired) electrons. The molecule has 0 aromatic carbocycles. The Balaban J connectivity index is 1.97. The summed E-state index contributed by atoms with van der Waals surface area (Å²) in [6, 6.07) is 1.61. The fourth-order valence-corrected chi connectivity index (χ4v) is 2.24. The molecule has 98 valence electrons. The van der Waals surface area contributed by atoms with Gasteiger partial charge in [0.05, 0.1) is 6.20 Å². The van der Waals surface area contributed by atoms with Crippen LogP contribution in [-0.4, -0.2) is 51.8 Å². The number of rotatable bonds is 5. The molecule has 2 N–H and O–H groups in total. The van der Waals surface area contributed by atoms with E-state index < -0.39 is 5.97 Å². The van der Waals surface area contributed by atoms with Crippen LogP contribution in [0.4, 0.5) is 5.82 Å². The van der Waals surface area contributed by atoms with Crippen LogP contribution < -0.4 is 5.32 Å². The van der Waals surface area contributed by atoms with Crippen molar-refractivity contribution in [3.63, 3.8) is 0 Å². The van der Waals surface area contributed by atoms with Crippen LogP contribution in [0, 0.1) is 0 Å². The van der Waals surface area contributed by atoms with Gasteiger partial charge in [-0.2, -0.15) is 5.10 Å². The molecule has 0 saturated carbocycles. The Hall–Kier alpha value is -1.69. The maximum Gasteiger partial charge on any atom is 0.339 e. The van der Waals surface area contributed by atoms with Crippen LogP contribution in [0.25, 0.3) is 0 Å². The van der Waals surface area contributed by atoms with Gasteiger partial charge in [-0.15, -0.1) is 5.10 Å². The topological polar surface area (TPSA) is 78.3 Å². The molecule has 0 spiro atoms. The molecule has 0 bridgehead atoms. The first-order chi connectivity index (χ1) is 8.66. The minimum absolute atomic E-state index is 0.151. The SMILES string of the molecule is CC(CN1CCCC1)Nc1nnccc1C(=O)O. The van der Waals surface area contributed by atoms with E-state index in [0.29, 0.717) is 5.82 Å². The molecule has 1 atom stereocenters. The number of aromatic carboxylic acids is 1. The number of anilines is 1. The molecular weight excluding hydrogens is 232 g/mol. The van der Waals surface area contributed by atoms with Crippen molar-refractivity contribution in [3.8, 4) is 0 Å². The average Bonchev–Trinajstić information content (AvgIpc) is 2.82. The summed E-state index contributed by atoms with van der Waals surface area (Å²) in [5.74, 6) is -0.641. The van der Waals surface area contributed by atoms with E-state index in [1.54, 1.807) is 0 Å². The number of carbonyl (C=O) groups is 1. The number of hydrogen-bond donors (Lipinski definition) is 2. The summed E-state index contributed by atoms with van der Waals surface area (Å²) in [6.45, 7) is 5.17. The first-order valence-electron chi connectivity index (χ1n) is 6.20. The van der Waals surface area contributed by atoms with Crippen LogP contribution in [0.3, 0.4) is 0 Å². The standard InChI is InChI=1S/C12H18N4O2/c1-9(8-16-6-2-3-7-16)14-11-10(12(17)18)4-5-13-15-11/h4-5,9H,2-3,6-8H2,1H3,(H,14,15)(H,17,18). The summed E-state index contributed by atoms with van der Waals surface area (Å²) in [5.41, 5.74) is 0.165. The third-order valence-corrected chi connectivity index (χ3v) is 3.06. The molecular formula is C12H18N4O2. The van der Waals surface area contributed by atoms with E-state index in [2.05, 4.69) is 20.4 Å². The van der Waals surface area contributed by atoms with Crippen molar-refractivity contribution in [2.45, 2.75) is 25.8 Å². The van der Waals surface area contributed by atoms with Crippen molar-refractivity contribution < 1.29 is 9.90 Å². The number of aromatic nitrogens is 2. The Labute approximate surface area is 106 Å². The molecule has 6 nitrogen and oxygen atoms in total. The van der Waals surface area contributed by atoms with Crippen LogP contribution in [-0.2, 0) is 0 Å². The lowest BCUT2D eigenvalue weighted by Crippen LogP contribution is -2.33. The zero-order chi connectivity index (χ0) is 13.0. The Morgan fingerprint density at radius 2 is 2.28 bits per heavy atom. The van der Waals surface area contributed by atoms with E-state index in [1.807, 2.05) is 6.92 Å². The molecule has 1 aromatic rings. The Morgan fingerprint density at radius 3 is 2.94 bits per heavy atom. The maximum atomic E-state index is 11.0. The normalized spacial score (nSPS) is 17.6. The van der Waals surface area contributed by atoms with Gasteiger partial charge in [-0.05, 0) is 38.9 Å². The van der Waals surface area contributed by atoms with E-state index >= 15 is 0 Å². The van der Waals surface area contributed by atoms with Crippen LogP contribution in [0.1, 0.15) is 30.1 Å². The highest BCUT2D eigenvalue weighted by atomic mass is 16.4. The van der Waals surface area contributed by atoms with Gasteiger partial charge in [0.25, 0.3) is 0 Å². The van der Waals surface area contributed by atoms with Crippen molar-refractivity contribution in [1.82, 2.24) is 15.1 Å². The van der Waals surface area contributed by atoms with Gasteiger partial charge in [0.2, 0.25) is 0 Å². The third-order valence-electron chi connectivity index (χ3n) is 3.06. The number of nitrogens with zero attached hydrogens (tertiary/aromatic N) is 3. The Kier molecular flexibility index (Phi) is 4.09. The molecule has 1 aliphatic heterocycles. The number of carboxylic acids is 1. The molecule has 1 saturated heterocycles. The molecule has 1 fully saturated rings. The van der Waals surface area contributed by atoms with Gasteiger partial charge in [-0.25, -0.2) is 4.79 Å². The van der Waals surface area contributed by atoms with E-state index in [-0.39, 0.29) is 11.6 Å². The Bertz CT molecular complexity index is 418. The van der Waals surface area contributed by atoms with Crippen molar-refractivity contribution in [2.75, 3.05) is 25.0 Å². The number of nitrogens with one attached hydrogen (secondary N) is 1. The molecule has 0 aliphatic carbocycles. The average molecular weight is 250 g/mol. The number of likely N-dealkylation sites (tertiary alicyclic amines) is 1. The van der Waals surface area contributed by atoms with Crippen molar-refractivity contribution in [2.24, 2.45) is 0 Å². The van der Waals surface area contributed by atoms with Gasteiger partial charge in [-0.1, -0.05) is 0 Å². The quantitative estimate of drug-likeness (QED) is 0.814. The zero-order valence-electron chi connectivity index (χ0n) is 10.5. The van der Waals surface area contributed by atoms with Crippen LogP contribution in [0.15, 0.2) is 12.3 Å². The highest BCUT2D eigenvalue weighted by molar-refractivity contribution is 5.92. The zero-order valence-corrected chi connectivity index (χ0v) is 10.5. The van der Waals surface area contributed by atoms with E-state index in [9.17, 15) is 4.79 Å². The summed E-state index contributed by atoms with van der Waals surface area (Å²) in [4.78, 5) is 13.4. The van der Waals surface area contributed by atoms with Crippen molar-refractivity contribution in [1.29, 1.82) is 0 Å². The van der Waals surface area contributed by atoms with Gasteiger partial charge in [0.15, 0.2) is 5.82 Å². The fourth-order valence-electron chi connectivity index (χ4n) is 2.24. The van der Waals surface area contributed by atoms with E-state index in [4.69, 9.17) is 5.11 Å². The fraction of sp³-hybridized carbons (Fsp3) is 0.583. The molecule has 6 heteroatoms. The minimum Gasteiger partial charge on any atom is -0.478 e. The first kappa shape index (κ1) is 12.8. The summed E-state index contributed by atoms with van der Waals surface area (Å²) < 4.78 is 0. The molecule has 1 unspecified atom stereocenters. The second kappa shape index (κ2) is 5.77. The van der Waals surface area contributed by atoms with Gasteiger partial charge < -0.3 is 15.3 Å².